The standard InChI is InChI=1S/C13H8Cl2FN3O/c14-8-3-1-2-6(10(8)16)9-11(18-19-13(9)17)7-4-5-20-12(7)15/h1-5H,(H3,17,18,19). The van der Waals surface area contributed by atoms with E-state index in [1.165, 1.54) is 12.3 Å². The van der Waals surface area contributed by atoms with Crippen LogP contribution in [0.25, 0.3) is 22.4 Å². The molecule has 7 heteroatoms. The highest BCUT2D eigenvalue weighted by atomic mass is 35.5. The number of nitrogen functional groups attached to an aromatic ring is 1. The van der Waals surface area contributed by atoms with Crippen molar-refractivity contribution in [2.75, 3.05) is 5.73 Å². The maximum Gasteiger partial charge on any atom is 0.202 e. The molecule has 1 aromatic carbocycles. The largest absolute Gasteiger partial charge is 0.452 e. The molecule has 3 aromatic rings. The number of hydrogen-bond acceptors (Lipinski definition) is 3. The van der Waals surface area contributed by atoms with Gasteiger partial charge in [-0.25, -0.2) is 4.39 Å². The van der Waals surface area contributed by atoms with Gasteiger partial charge in [-0.05, 0) is 23.7 Å². The molecular formula is C13H8Cl2FN3O. The van der Waals surface area contributed by atoms with Gasteiger partial charge < -0.3 is 10.2 Å². The number of nitrogens with two attached hydrogens (primary N) is 1. The third-order valence-corrected chi connectivity index (χ3v) is 3.49. The summed E-state index contributed by atoms with van der Waals surface area (Å²) in [7, 11) is 0. The van der Waals surface area contributed by atoms with E-state index in [-0.39, 0.29) is 21.6 Å². The van der Waals surface area contributed by atoms with E-state index >= 15 is 0 Å². The molecule has 3 N–H and O–H groups in total. The highest BCUT2D eigenvalue weighted by molar-refractivity contribution is 6.32. The number of anilines is 1. The summed E-state index contributed by atoms with van der Waals surface area (Å²) in [5.74, 6) is -0.415. The number of nitrogens with one attached hydrogen (secondary N) is 1. The van der Waals surface area contributed by atoms with Crippen LogP contribution in [0.15, 0.2) is 34.9 Å². The molecular weight excluding hydrogens is 304 g/mol. The van der Waals surface area contributed by atoms with Gasteiger partial charge in [-0.15, -0.1) is 0 Å². The van der Waals surface area contributed by atoms with Crippen molar-refractivity contribution < 1.29 is 8.81 Å². The third-order valence-electron chi connectivity index (χ3n) is 2.90. The molecule has 2 aromatic heterocycles. The quantitative estimate of drug-likeness (QED) is 0.738. The summed E-state index contributed by atoms with van der Waals surface area (Å²) >= 11 is 11.7. The van der Waals surface area contributed by atoms with Gasteiger partial charge in [-0.1, -0.05) is 23.7 Å². The van der Waals surface area contributed by atoms with Crippen LogP contribution in [0, 0.1) is 5.82 Å². The van der Waals surface area contributed by atoms with E-state index in [1.54, 1.807) is 18.2 Å². The van der Waals surface area contributed by atoms with Crippen molar-refractivity contribution in [3.8, 4) is 22.4 Å². The minimum absolute atomic E-state index is 0.00680. The van der Waals surface area contributed by atoms with E-state index in [9.17, 15) is 4.39 Å². The molecule has 0 fully saturated rings. The molecule has 4 nitrogen and oxygen atoms in total. The number of hydrogen-bond donors (Lipinski definition) is 2. The monoisotopic (exact) mass is 311 g/mol. The van der Waals surface area contributed by atoms with E-state index in [0.717, 1.165) is 0 Å². The summed E-state index contributed by atoms with van der Waals surface area (Å²) in [6.45, 7) is 0. The molecule has 0 amide bonds. The highest BCUT2D eigenvalue weighted by Gasteiger charge is 2.21. The number of halogens is 3. The van der Waals surface area contributed by atoms with Crippen LogP contribution in [0.5, 0.6) is 0 Å². The Kier molecular flexibility index (Phi) is 3.16. The second-order valence-electron chi connectivity index (χ2n) is 4.07. The summed E-state index contributed by atoms with van der Waals surface area (Å²) in [5.41, 5.74) is 7.49. The topological polar surface area (TPSA) is 67.8 Å². The molecule has 2 heterocycles. The second-order valence-corrected chi connectivity index (χ2v) is 4.82. The molecule has 3 rings (SSSR count). The van der Waals surface area contributed by atoms with Crippen LogP contribution in [0.3, 0.4) is 0 Å². The number of aromatic amines is 1. The Morgan fingerprint density at radius 2 is 2.00 bits per heavy atom. The first kappa shape index (κ1) is 13.0. The fraction of sp³-hybridized carbons (Fsp3) is 0. The number of nitrogens with zero attached hydrogens (tertiary/aromatic N) is 1. The number of furan rings is 1. The van der Waals surface area contributed by atoms with Crippen LogP contribution in [0.4, 0.5) is 10.2 Å². The first-order valence-corrected chi connectivity index (χ1v) is 6.36. The van der Waals surface area contributed by atoms with Crippen molar-refractivity contribution in [2.24, 2.45) is 0 Å². The van der Waals surface area contributed by atoms with Gasteiger partial charge >= 0.3 is 0 Å². The van der Waals surface area contributed by atoms with Gasteiger partial charge in [0.25, 0.3) is 0 Å². The molecule has 0 aliphatic carbocycles. The Bertz CT molecular complexity index is 782. The number of aromatic nitrogens is 2. The van der Waals surface area contributed by atoms with Gasteiger partial charge in [0.2, 0.25) is 5.22 Å². The molecule has 0 aliphatic heterocycles. The van der Waals surface area contributed by atoms with Crippen molar-refractivity contribution >= 4 is 29.0 Å². The molecule has 0 saturated heterocycles. The Hall–Kier alpha value is -1.98. The van der Waals surface area contributed by atoms with E-state index in [1.807, 2.05) is 0 Å². The van der Waals surface area contributed by atoms with Gasteiger partial charge in [0.15, 0.2) is 5.82 Å². The summed E-state index contributed by atoms with van der Waals surface area (Å²) in [5, 5.41) is 6.81. The molecule has 0 bridgehead atoms. The first-order chi connectivity index (χ1) is 9.59. The number of rotatable bonds is 2. The summed E-state index contributed by atoms with van der Waals surface area (Å²) < 4.78 is 19.2. The van der Waals surface area contributed by atoms with Crippen LogP contribution in [0.1, 0.15) is 0 Å². The van der Waals surface area contributed by atoms with Gasteiger partial charge in [0.05, 0.1) is 28.1 Å². The SMILES string of the molecule is Nc1n[nH]c(-c2ccoc2Cl)c1-c1cccc(Cl)c1F. The van der Waals surface area contributed by atoms with Crippen molar-refractivity contribution in [1.82, 2.24) is 10.2 Å². The van der Waals surface area contributed by atoms with Crippen LogP contribution < -0.4 is 5.73 Å². The Labute approximate surface area is 123 Å². The lowest BCUT2D eigenvalue weighted by atomic mass is 10.0. The molecule has 0 aliphatic rings. The smallest absolute Gasteiger partial charge is 0.202 e. The van der Waals surface area contributed by atoms with Gasteiger partial charge in [-0.2, -0.15) is 5.10 Å². The lowest BCUT2D eigenvalue weighted by molar-refractivity contribution is 0.570. The fourth-order valence-corrected chi connectivity index (χ4v) is 2.38. The van der Waals surface area contributed by atoms with Crippen molar-refractivity contribution in [1.29, 1.82) is 0 Å². The maximum absolute atomic E-state index is 14.2. The Balaban J connectivity index is 2.27. The average Bonchev–Trinajstić information content (AvgIpc) is 2.99. The van der Waals surface area contributed by atoms with E-state index in [0.29, 0.717) is 16.8 Å². The maximum atomic E-state index is 14.2. The van der Waals surface area contributed by atoms with Crippen LogP contribution in [-0.2, 0) is 0 Å². The van der Waals surface area contributed by atoms with Gasteiger partial charge in [-0.3, -0.25) is 5.10 Å². The molecule has 102 valence electrons. The molecule has 0 saturated carbocycles. The lowest BCUT2D eigenvalue weighted by Crippen LogP contribution is -1.92. The average molecular weight is 312 g/mol. The molecule has 20 heavy (non-hydrogen) atoms. The van der Waals surface area contributed by atoms with Gasteiger partial charge in [0, 0.05) is 5.56 Å². The number of benzene rings is 1. The Morgan fingerprint density at radius 1 is 1.20 bits per heavy atom. The van der Waals surface area contributed by atoms with Crippen LogP contribution in [0.2, 0.25) is 10.2 Å². The van der Waals surface area contributed by atoms with Crippen molar-refractivity contribution in [2.45, 2.75) is 0 Å². The fourth-order valence-electron chi connectivity index (χ4n) is 1.99. The van der Waals surface area contributed by atoms with E-state index < -0.39 is 5.82 Å². The van der Waals surface area contributed by atoms with Crippen molar-refractivity contribution in [3.05, 3.63) is 46.6 Å². The predicted molar refractivity (Wildman–Crippen MR) is 76.1 cm³/mol. The summed E-state index contributed by atoms with van der Waals surface area (Å²) in [4.78, 5) is 0. The number of H-pyrrole nitrogens is 1. The van der Waals surface area contributed by atoms with Crippen LogP contribution >= 0.6 is 23.2 Å². The van der Waals surface area contributed by atoms with Crippen LogP contribution in [-0.4, -0.2) is 10.2 Å². The zero-order valence-electron chi connectivity index (χ0n) is 9.95. The molecule has 0 unspecified atom stereocenters. The zero-order valence-corrected chi connectivity index (χ0v) is 11.5. The molecule has 0 atom stereocenters. The molecule has 0 spiro atoms. The Morgan fingerprint density at radius 3 is 2.70 bits per heavy atom. The second kappa shape index (κ2) is 4.85. The first-order valence-electron chi connectivity index (χ1n) is 5.61. The minimum Gasteiger partial charge on any atom is -0.452 e. The van der Waals surface area contributed by atoms with E-state index in [4.69, 9.17) is 33.4 Å². The normalized spacial score (nSPS) is 10.9. The van der Waals surface area contributed by atoms with E-state index in [2.05, 4.69) is 10.2 Å². The minimum atomic E-state index is -0.567. The highest BCUT2D eigenvalue weighted by Crippen LogP contribution is 2.40. The van der Waals surface area contributed by atoms with Gasteiger partial charge in [0.1, 0.15) is 5.82 Å². The third kappa shape index (κ3) is 1.95. The predicted octanol–water partition coefficient (Wildman–Crippen LogP) is 4.36. The van der Waals surface area contributed by atoms with Crippen molar-refractivity contribution in [3.63, 3.8) is 0 Å². The zero-order chi connectivity index (χ0) is 14.3. The summed E-state index contributed by atoms with van der Waals surface area (Å²) in [6, 6.07) is 6.30. The summed E-state index contributed by atoms with van der Waals surface area (Å²) in [6.07, 6.45) is 1.42. The molecule has 0 radical (unpaired) electrons. The lowest BCUT2D eigenvalue weighted by Gasteiger charge is -2.06.